The molecule has 0 amide bonds. The molecule has 0 N–H and O–H groups in total. The van der Waals surface area contributed by atoms with Crippen LogP contribution < -0.4 is 0 Å². The summed E-state index contributed by atoms with van der Waals surface area (Å²) in [5.41, 5.74) is 2.86. The molecule has 0 aromatic rings. The maximum absolute atomic E-state index is 2.59. The molecule has 0 heterocycles. The van der Waals surface area contributed by atoms with E-state index in [0.29, 0.717) is 10.8 Å². The second kappa shape index (κ2) is 3.89. The number of allylic oxidation sites excluding steroid dienone is 2. The third-order valence-electron chi connectivity index (χ3n) is 5.77. The highest BCUT2D eigenvalue weighted by atomic mass is 14.5. The Hall–Kier alpha value is -0.260. The SMILES string of the molecule is CCC1(C)CC=C2CCCC(C)(C)C2C1C. The summed E-state index contributed by atoms with van der Waals surface area (Å²) in [5.74, 6) is 1.70. The summed E-state index contributed by atoms with van der Waals surface area (Å²) in [6, 6.07) is 0. The Bertz CT molecular complexity index is 297. The van der Waals surface area contributed by atoms with Crippen molar-refractivity contribution in [1.82, 2.24) is 0 Å². The van der Waals surface area contributed by atoms with Crippen molar-refractivity contribution in [3.63, 3.8) is 0 Å². The Labute approximate surface area is 102 Å². The van der Waals surface area contributed by atoms with Crippen molar-refractivity contribution in [1.29, 1.82) is 0 Å². The average molecular weight is 220 g/mol. The Morgan fingerprint density at radius 3 is 2.62 bits per heavy atom. The Morgan fingerprint density at radius 1 is 1.31 bits per heavy atom. The largest absolute Gasteiger partial charge is 0.0845 e. The lowest BCUT2D eigenvalue weighted by Gasteiger charge is -2.52. The van der Waals surface area contributed by atoms with Crippen molar-refractivity contribution in [3.05, 3.63) is 11.6 Å². The van der Waals surface area contributed by atoms with Crippen LogP contribution in [0.15, 0.2) is 11.6 Å². The van der Waals surface area contributed by atoms with Crippen LogP contribution in [0.2, 0.25) is 0 Å². The van der Waals surface area contributed by atoms with Gasteiger partial charge in [-0.1, -0.05) is 52.7 Å². The van der Waals surface area contributed by atoms with E-state index in [1.807, 2.05) is 0 Å². The molecule has 16 heavy (non-hydrogen) atoms. The summed E-state index contributed by atoms with van der Waals surface area (Å²) >= 11 is 0. The first kappa shape index (κ1) is 12.2. The minimum Gasteiger partial charge on any atom is -0.0845 e. The van der Waals surface area contributed by atoms with Gasteiger partial charge < -0.3 is 0 Å². The van der Waals surface area contributed by atoms with Gasteiger partial charge >= 0.3 is 0 Å². The highest BCUT2D eigenvalue weighted by molar-refractivity contribution is 5.20. The summed E-state index contributed by atoms with van der Waals surface area (Å²) in [6.07, 6.45) is 9.43. The minimum absolute atomic E-state index is 0.528. The molecule has 0 spiro atoms. The molecule has 92 valence electrons. The van der Waals surface area contributed by atoms with Crippen molar-refractivity contribution in [2.24, 2.45) is 22.7 Å². The molecule has 3 unspecified atom stereocenters. The Morgan fingerprint density at radius 2 is 2.00 bits per heavy atom. The molecule has 0 saturated heterocycles. The summed E-state index contributed by atoms with van der Waals surface area (Å²) in [4.78, 5) is 0. The molecule has 0 heteroatoms. The molecule has 2 aliphatic rings. The van der Waals surface area contributed by atoms with Gasteiger partial charge in [-0.25, -0.2) is 0 Å². The lowest BCUT2D eigenvalue weighted by atomic mass is 9.52. The van der Waals surface area contributed by atoms with Crippen LogP contribution in [0.25, 0.3) is 0 Å². The molecule has 1 fully saturated rings. The third kappa shape index (κ3) is 1.75. The highest BCUT2D eigenvalue weighted by Crippen LogP contribution is 2.56. The van der Waals surface area contributed by atoms with Crippen molar-refractivity contribution in [2.45, 2.75) is 66.7 Å². The normalized spacial score (nSPS) is 42.4. The lowest BCUT2D eigenvalue weighted by molar-refractivity contribution is 0.0393. The molecular weight excluding hydrogens is 192 g/mol. The number of hydrogen-bond donors (Lipinski definition) is 0. The first-order valence-corrected chi connectivity index (χ1v) is 7.09. The topological polar surface area (TPSA) is 0 Å². The molecule has 2 aliphatic carbocycles. The van der Waals surface area contributed by atoms with E-state index in [2.05, 4.69) is 40.7 Å². The van der Waals surface area contributed by atoms with Crippen LogP contribution in [-0.4, -0.2) is 0 Å². The molecule has 3 atom stereocenters. The molecule has 0 radical (unpaired) electrons. The van der Waals surface area contributed by atoms with Crippen LogP contribution in [0, 0.1) is 22.7 Å². The van der Waals surface area contributed by atoms with E-state index in [4.69, 9.17) is 0 Å². The predicted octanol–water partition coefficient (Wildman–Crippen LogP) is 5.20. The van der Waals surface area contributed by atoms with Gasteiger partial charge in [-0.3, -0.25) is 0 Å². The second-order valence-corrected chi connectivity index (χ2v) is 7.10. The van der Waals surface area contributed by atoms with E-state index in [9.17, 15) is 0 Å². The van der Waals surface area contributed by atoms with E-state index in [1.54, 1.807) is 5.57 Å². The molecule has 0 aromatic heterocycles. The van der Waals surface area contributed by atoms with E-state index in [1.165, 1.54) is 32.1 Å². The van der Waals surface area contributed by atoms with Gasteiger partial charge in [0.25, 0.3) is 0 Å². The quantitative estimate of drug-likeness (QED) is 0.533. The smallest absolute Gasteiger partial charge is 0.0121 e. The van der Waals surface area contributed by atoms with Crippen LogP contribution >= 0.6 is 0 Å². The second-order valence-electron chi connectivity index (χ2n) is 7.10. The van der Waals surface area contributed by atoms with E-state index < -0.39 is 0 Å². The van der Waals surface area contributed by atoms with Gasteiger partial charge in [0.15, 0.2) is 0 Å². The zero-order chi connectivity index (χ0) is 12.0. The van der Waals surface area contributed by atoms with E-state index in [0.717, 1.165) is 11.8 Å². The molecule has 0 aromatic carbocycles. The van der Waals surface area contributed by atoms with Crippen molar-refractivity contribution in [3.8, 4) is 0 Å². The van der Waals surface area contributed by atoms with Gasteiger partial charge in [0.05, 0.1) is 0 Å². The van der Waals surface area contributed by atoms with Crippen LogP contribution in [0.4, 0.5) is 0 Å². The van der Waals surface area contributed by atoms with Gasteiger partial charge in [-0.2, -0.15) is 0 Å². The maximum atomic E-state index is 2.59. The predicted molar refractivity (Wildman–Crippen MR) is 71.4 cm³/mol. The van der Waals surface area contributed by atoms with Crippen LogP contribution in [-0.2, 0) is 0 Å². The first-order valence-electron chi connectivity index (χ1n) is 7.09. The van der Waals surface area contributed by atoms with Crippen molar-refractivity contribution >= 4 is 0 Å². The lowest BCUT2D eigenvalue weighted by Crippen LogP contribution is -2.43. The Kier molecular flexibility index (Phi) is 2.97. The van der Waals surface area contributed by atoms with Crippen molar-refractivity contribution < 1.29 is 0 Å². The zero-order valence-electron chi connectivity index (χ0n) is 11.8. The fourth-order valence-electron chi connectivity index (χ4n) is 4.21. The van der Waals surface area contributed by atoms with Gasteiger partial charge in [0.2, 0.25) is 0 Å². The van der Waals surface area contributed by atoms with Crippen LogP contribution in [0.3, 0.4) is 0 Å². The molecular formula is C16H28. The van der Waals surface area contributed by atoms with E-state index in [-0.39, 0.29) is 0 Å². The van der Waals surface area contributed by atoms with Crippen LogP contribution in [0.5, 0.6) is 0 Å². The number of rotatable bonds is 1. The third-order valence-corrected chi connectivity index (χ3v) is 5.77. The van der Waals surface area contributed by atoms with Gasteiger partial charge in [0, 0.05) is 0 Å². The summed E-state index contributed by atoms with van der Waals surface area (Å²) in [7, 11) is 0. The summed E-state index contributed by atoms with van der Waals surface area (Å²) in [6.45, 7) is 12.3. The fraction of sp³-hybridized carbons (Fsp3) is 0.875. The molecule has 0 bridgehead atoms. The van der Waals surface area contributed by atoms with Crippen molar-refractivity contribution in [2.75, 3.05) is 0 Å². The molecule has 0 aliphatic heterocycles. The minimum atomic E-state index is 0.528. The zero-order valence-corrected chi connectivity index (χ0v) is 11.8. The molecule has 0 nitrogen and oxygen atoms in total. The average Bonchev–Trinajstić information content (AvgIpc) is 2.23. The number of hydrogen-bond acceptors (Lipinski definition) is 0. The Balaban J connectivity index is 2.36. The van der Waals surface area contributed by atoms with Crippen LogP contribution in [0.1, 0.15) is 66.7 Å². The maximum Gasteiger partial charge on any atom is -0.0121 e. The molecule has 1 saturated carbocycles. The van der Waals surface area contributed by atoms with Gasteiger partial charge in [-0.15, -0.1) is 0 Å². The van der Waals surface area contributed by atoms with Gasteiger partial charge in [-0.05, 0) is 48.3 Å². The summed E-state index contributed by atoms with van der Waals surface area (Å²) in [5, 5.41) is 0. The first-order chi connectivity index (χ1) is 7.41. The summed E-state index contributed by atoms with van der Waals surface area (Å²) < 4.78 is 0. The fourth-order valence-corrected chi connectivity index (χ4v) is 4.21. The van der Waals surface area contributed by atoms with Gasteiger partial charge in [0.1, 0.15) is 0 Å². The number of fused-ring (bicyclic) bond motifs is 1. The van der Waals surface area contributed by atoms with E-state index >= 15 is 0 Å². The molecule has 2 rings (SSSR count). The monoisotopic (exact) mass is 220 g/mol. The standard InChI is InChI=1S/C16H28/c1-6-16(5)11-9-13-8-7-10-15(3,4)14(13)12(16)2/h9,12,14H,6-8,10-11H2,1-5H3. The highest BCUT2D eigenvalue weighted by Gasteiger charge is 2.46.